The molecule has 0 spiro atoms. The average Bonchev–Trinajstić information content (AvgIpc) is 2.86. The topological polar surface area (TPSA) is 83.2 Å². The smallest absolute Gasteiger partial charge is 0.176 e. The normalized spacial score (nSPS) is 25.1. The van der Waals surface area contributed by atoms with Gasteiger partial charge in [-0.2, -0.15) is 0 Å². The van der Waals surface area contributed by atoms with Gasteiger partial charge in [0, 0.05) is 0 Å². The third-order valence-corrected chi connectivity index (χ3v) is 5.66. The highest BCUT2D eigenvalue weighted by Crippen LogP contribution is 2.25. The van der Waals surface area contributed by atoms with Crippen LogP contribution in [0, 0.1) is 0 Å². The van der Waals surface area contributed by atoms with E-state index in [1.54, 1.807) is 0 Å². The minimum atomic E-state index is -0.948. The summed E-state index contributed by atoms with van der Waals surface area (Å²) in [7, 11) is 0. The highest BCUT2D eigenvalue weighted by Gasteiger charge is 2.45. The lowest BCUT2D eigenvalue weighted by Crippen LogP contribution is -2.63. The standard InChI is InChI=1S/C27H31NO5/c28-24-26(31-17-21-12-6-2-7-13-21)25(29)23(19-30-16-20-10-4-1-5-11-20)33-27(24)32-18-22-14-8-3-9-15-22/h1-15,23-27,29H,16-19,28H2/t23-,24-,25-,26-,27-/m1/s1. The lowest BCUT2D eigenvalue weighted by Gasteiger charge is -2.43. The molecule has 174 valence electrons. The molecule has 0 saturated carbocycles. The van der Waals surface area contributed by atoms with Crippen LogP contribution in [0.5, 0.6) is 0 Å². The fourth-order valence-corrected chi connectivity index (χ4v) is 3.82. The van der Waals surface area contributed by atoms with Crippen molar-refractivity contribution in [3.63, 3.8) is 0 Å². The first-order valence-corrected chi connectivity index (χ1v) is 11.2. The quantitative estimate of drug-likeness (QED) is 0.494. The van der Waals surface area contributed by atoms with Crippen LogP contribution in [0.2, 0.25) is 0 Å². The van der Waals surface area contributed by atoms with E-state index in [4.69, 9.17) is 24.7 Å². The Bertz CT molecular complexity index is 941. The molecule has 0 radical (unpaired) electrons. The van der Waals surface area contributed by atoms with Gasteiger partial charge >= 0.3 is 0 Å². The molecule has 6 heteroatoms. The fourth-order valence-electron chi connectivity index (χ4n) is 3.82. The average molecular weight is 450 g/mol. The minimum absolute atomic E-state index is 0.194. The molecule has 5 atom stereocenters. The second kappa shape index (κ2) is 12.0. The summed E-state index contributed by atoms with van der Waals surface area (Å²) in [5.74, 6) is 0. The summed E-state index contributed by atoms with van der Waals surface area (Å²) in [5, 5.41) is 11.0. The minimum Gasteiger partial charge on any atom is -0.388 e. The Morgan fingerprint density at radius 3 is 1.73 bits per heavy atom. The van der Waals surface area contributed by atoms with Crippen LogP contribution in [-0.2, 0) is 38.8 Å². The number of rotatable bonds is 10. The molecular weight excluding hydrogens is 418 g/mol. The Hall–Kier alpha value is -2.58. The van der Waals surface area contributed by atoms with Crippen LogP contribution in [0.3, 0.4) is 0 Å². The second-order valence-electron chi connectivity index (χ2n) is 8.17. The zero-order valence-corrected chi connectivity index (χ0v) is 18.5. The zero-order valence-electron chi connectivity index (χ0n) is 18.5. The number of hydrogen-bond donors (Lipinski definition) is 2. The van der Waals surface area contributed by atoms with Gasteiger partial charge in [0.05, 0.1) is 32.5 Å². The first-order valence-electron chi connectivity index (χ1n) is 11.2. The highest BCUT2D eigenvalue weighted by atomic mass is 16.7. The van der Waals surface area contributed by atoms with Crippen molar-refractivity contribution in [3.8, 4) is 0 Å². The van der Waals surface area contributed by atoms with Gasteiger partial charge in [-0.3, -0.25) is 0 Å². The van der Waals surface area contributed by atoms with E-state index in [-0.39, 0.29) is 6.61 Å². The number of aliphatic hydroxyl groups is 1. The van der Waals surface area contributed by atoms with Crippen LogP contribution < -0.4 is 5.73 Å². The van der Waals surface area contributed by atoms with E-state index in [1.807, 2.05) is 91.0 Å². The van der Waals surface area contributed by atoms with Crippen LogP contribution in [0.4, 0.5) is 0 Å². The van der Waals surface area contributed by atoms with Gasteiger partial charge in [0.15, 0.2) is 6.29 Å². The van der Waals surface area contributed by atoms with E-state index in [2.05, 4.69) is 0 Å². The zero-order chi connectivity index (χ0) is 22.9. The number of hydrogen-bond acceptors (Lipinski definition) is 6. The molecule has 1 aliphatic heterocycles. The largest absolute Gasteiger partial charge is 0.388 e. The summed E-state index contributed by atoms with van der Waals surface area (Å²) in [5.41, 5.74) is 9.51. The number of benzene rings is 3. The Balaban J connectivity index is 1.41. The van der Waals surface area contributed by atoms with Crippen molar-refractivity contribution in [2.75, 3.05) is 6.61 Å². The van der Waals surface area contributed by atoms with E-state index >= 15 is 0 Å². The molecule has 4 rings (SSSR count). The van der Waals surface area contributed by atoms with Gasteiger partial charge in [-0.15, -0.1) is 0 Å². The lowest BCUT2D eigenvalue weighted by molar-refractivity contribution is -0.280. The maximum Gasteiger partial charge on any atom is 0.176 e. The van der Waals surface area contributed by atoms with Crippen LogP contribution in [0.1, 0.15) is 16.7 Å². The molecule has 0 amide bonds. The molecule has 0 aliphatic carbocycles. The monoisotopic (exact) mass is 449 g/mol. The molecule has 0 aromatic heterocycles. The van der Waals surface area contributed by atoms with E-state index in [0.717, 1.165) is 16.7 Å². The summed E-state index contributed by atoms with van der Waals surface area (Å²) >= 11 is 0. The van der Waals surface area contributed by atoms with Gasteiger partial charge in [-0.25, -0.2) is 0 Å². The maximum atomic E-state index is 11.0. The van der Waals surface area contributed by atoms with Crippen LogP contribution in [0.25, 0.3) is 0 Å². The van der Waals surface area contributed by atoms with Crippen molar-refractivity contribution < 1.29 is 24.1 Å². The lowest BCUT2D eigenvalue weighted by atomic mass is 9.97. The summed E-state index contributed by atoms with van der Waals surface area (Å²) in [6.07, 6.45) is -2.98. The number of aliphatic hydroxyl groups excluding tert-OH is 1. The van der Waals surface area contributed by atoms with E-state index in [0.29, 0.717) is 19.8 Å². The first-order chi connectivity index (χ1) is 16.2. The molecule has 33 heavy (non-hydrogen) atoms. The predicted molar refractivity (Wildman–Crippen MR) is 125 cm³/mol. The third kappa shape index (κ3) is 6.71. The van der Waals surface area contributed by atoms with Gasteiger partial charge in [0.25, 0.3) is 0 Å². The SMILES string of the molecule is N[C@H]1[C@H](OCc2ccccc2)O[C@H](COCc2ccccc2)[C@@H](O)[C@@H]1OCc1ccccc1. The van der Waals surface area contributed by atoms with Crippen molar-refractivity contribution in [1.29, 1.82) is 0 Å². The van der Waals surface area contributed by atoms with Crippen LogP contribution in [-0.4, -0.2) is 42.4 Å². The molecule has 6 nitrogen and oxygen atoms in total. The Morgan fingerprint density at radius 2 is 1.18 bits per heavy atom. The highest BCUT2D eigenvalue weighted by molar-refractivity contribution is 5.15. The maximum absolute atomic E-state index is 11.0. The Kier molecular flexibility index (Phi) is 8.60. The van der Waals surface area contributed by atoms with Gasteiger partial charge < -0.3 is 29.8 Å². The molecule has 3 aromatic carbocycles. The summed E-state index contributed by atoms with van der Waals surface area (Å²) in [6.45, 7) is 1.29. The van der Waals surface area contributed by atoms with E-state index in [9.17, 15) is 5.11 Å². The van der Waals surface area contributed by atoms with Gasteiger partial charge in [0.1, 0.15) is 18.3 Å². The number of nitrogens with two attached hydrogens (primary N) is 1. The van der Waals surface area contributed by atoms with Crippen molar-refractivity contribution in [3.05, 3.63) is 108 Å². The van der Waals surface area contributed by atoms with Gasteiger partial charge in [-0.1, -0.05) is 91.0 Å². The fraction of sp³-hybridized carbons (Fsp3) is 0.333. The summed E-state index contributed by atoms with van der Waals surface area (Å²) < 4.78 is 24.0. The van der Waals surface area contributed by atoms with Crippen molar-refractivity contribution >= 4 is 0 Å². The first kappa shape index (κ1) is 23.6. The van der Waals surface area contributed by atoms with E-state index < -0.39 is 30.6 Å². The number of ether oxygens (including phenoxy) is 4. The van der Waals surface area contributed by atoms with Crippen molar-refractivity contribution in [2.45, 2.75) is 50.5 Å². The summed E-state index contributed by atoms with van der Waals surface area (Å²) in [6, 6.07) is 28.8. The Morgan fingerprint density at radius 1 is 0.697 bits per heavy atom. The molecule has 3 aromatic rings. The molecule has 3 N–H and O–H groups in total. The van der Waals surface area contributed by atoms with Crippen LogP contribution >= 0.6 is 0 Å². The van der Waals surface area contributed by atoms with E-state index in [1.165, 1.54) is 0 Å². The van der Waals surface area contributed by atoms with Gasteiger partial charge in [-0.05, 0) is 16.7 Å². The van der Waals surface area contributed by atoms with Gasteiger partial charge in [0.2, 0.25) is 0 Å². The molecule has 1 heterocycles. The van der Waals surface area contributed by atoms with Crippen molar-refractivity contribution in [2.24, 2.45) is 5.73 Å². The molecule has 0 unspecified atom stereocenters. The molecular formula is C27H31NO5. The summed E-state index contributed by atoms with van der Waals surface area (Å²) in [4.78, 5) is 0. The van der Waals surface area contributed by atoms with Crippen molar-refractivity contribution in [1.82, 2.24) is 0 Å². The molecule has 0 bridgehead atoms. The third-order valence-electron chi connectivity index (χ3n) is 5.66. The van der Waals surface area contributed by atoms with Crippen LogP contribution in [0.15, 0.2) is 91.0 Å². The molecule has 1 fully saturated rings. The second-order valence-corrected chi connectivity index (χ2v) is 8.17. The predicted octanol–water partition coefficient (Wildman–Crippen LogP) is 3.42. The molecule has 1 saturated heterocycles. The Labute approximate surface area is 194 Å². The molecule has 1 aliphatic rings.